The Morgan fingerprint density at radius 1 is 1.17 bits per heavy atom. The molecule has 0 N–H and O–H groups in total. The van der Waals surface area contributed by atoms with Gasteiger partial charge in [0.2, 0.25) is 5.69 Å². The van der Waals surface area contributed by atoms with Gasteiger partial charge in [-0.25, -0.2) is 13.8 Å². The standard InChI is InChI=1S/C22H23FN4O3/c1-5-25(4)20(28)19-21(29)26(15(3)16-9-7-6-8-10-16)22(30)27(24-19)17-12-11-14(2)18(23)13-17/h6-13,15H,5H2,1-4H3. The van der Waals surface area contributed by atoms with Crippen LogP contribution in [0.5, 0.6) is 0 Å². The van der Waals surface area contributed by atoms with Gasteiger partial charge in [0.05, 0.1) is 11.7 Å². The van der Waals surface area contributed by atoms with Crippen LogP contribution in [0.1, 0.15) is 41.5 Å². The highest BCUT2D eigenvalue weighted by atomic mass is 19.1. The minimum atomic E-state index is -0.787. The highest BCUT2D eigenvalue weighted by molar-refractivity contribution is 5.91. The molecule has 0 aliphatic rings. The van der Waals surface area contributed by atoms with Crippen molar-refractivity contribution in [3.05, 3.63) is 92.0 Å². The lowest BCUT2D eigenvalue weighted by molar-refractivity contribution is 0.0791. The van der Waals surface area contributed by atoms with Crippen molar-refractivity contribution in [2.45, 2.75) is 26.8 Å². The van der Waals surface area contributed by atoms with Crippen LogP contribution >= 0.6 is 0 Å². The Kier molecular flexibility index (Phi) is 5.96. The van der Waals surface area contributed by atoms with Crippen LogP contribution in [0.25, 0.3) is 5.69 Å². The average molecular weight is 410 g/mol. The number of benzene rings is 2. The molecular formula is C22H23FN4O3. The van der Waals surface area contributed by atoms with Crippen LogP contribution in [0.15, 0.2) is 58.1 Å². The molecular weight excluding hydrogens is 387 g/mol. The number of carbonyl (C=O) groups is 1. The minimum absolute atomic E-state index is 0.130. The first-order valence-electron chi connectivity index (χ1n) is 9.59. The molecule has 1 heterocycles. The number of aryl methyl sites for hydroxylation is 1. The summed E-state index contributed by atoms with van der Waals surface area (Å²) >= 11 is 0. The van der Waals surface area contributed by atoms with Crippen LogP contribution in [0, 0.1) is 12.7 Å². The summed E-state index contributed by atoms with van der Waals surface area (Å²) in [6.45, 7) is 5.40. The lowest BCUT2D eigenvalue weighted by Crippen LogP contribution is -2.47. The van der Waals surface area contributed by atoms with Crippen molar-refractivity contribution < 1.29 is 9.18 Å². The number of halogens is 1. The number of rotatable bonds is 5. The fraction of sp³-hybridized carbons (Fsp3) is 0.273. The number of nitrogens with zero attached hydrogens (tertiary/aromatic N) is 4. The van der Waals surface area contributed by atoms with Crippen LogP contribution in [-0.2, 0) is 0 Å². The van der Waals surface area contributed by atoms with Crippen LogP contribution in [0.3, 0.4) is 0 Å². The van der Waals surface area contributed by atoms with E-state index in [1.807, 2.05) is 6.07 Å². The molecule has 0 saturated heterocycles. The molecule has 0 saturated carbocycles. The van der Waals surface area contributed by atoms with Gasteiger partial charge in [0.25, 0.3) is 11.5 Å². The van der Waals surface area contributed by atoms with E-state index in [1.165, 1.54) is 24.1 Å². The van der Waals surface area contributed by atoms with Gasteiger partial charge in [-0.2, -0.15) is 9.78 Å². The van der Waals surface area contributed by atoms with E-state index in [9.17, 15) is 18.8 Å². The summed E-state index contributed by atoms with van der Waals surface area (Å²) in [6.07, 6.45) is 0. The van der Waals surface area contributed by atoms with Gasteiger partial charge in [-0.3, -0.25) is 9.59 Å². The van der Waals surface area contributed by atoms with Gasteiger partial charge in [0.15, 0.2) is 0 Å². The molecule has 0 aliphatic carbocycles. The smallest absolute Gasteiger partial charge is 0.340 e. The highest BCUT2D eigenvalue weighted by Crippen LogP contribution is 2.15. The topological polar surface area (TPSA) is 77.2 Å². The molecule has 1 unspecified atom stereocenters. The molecule has 1 atom stereocenters. The third-order valence-corrected chi connectivity index (χ3v) is 5.10. The maximum absolute atomic E-state index is 14.2. The Hall–Kier alpha value is -3.55. The van der Waals surface area contributed by atoms with Crippen LogP contribution in [-0.4, -0.2) is 38.7 Å². The fourth-order valence-electron chi connectivity index (χ4n) is 3.05. The van der Waals surface area contributed by atoms with Crippen LogP contribution in [0.2, 0.25) is 0 Å². The highest BCUT2D eigenvalue weighted by Gasteiger charge is 2.25. The Morgan fingerprint density at radius 3 is 2.43 bits per heavy atom. The zero-order valence-electron chi connectivity index (χ0n) is 17.3. The molecule has 3 rings (SSSR count). The lowest BCUT2D eigenvalue weighted by atomic mass is 10.1. The van der Waals surface area contributed by atoms with Gasteiger partial charge in [-0.1, -0.05) is 36.4 Å². The van der Waals surface area contributed by atoms with Gasteiger partial charge in [0, 0.05) is 19.7 Å². The monoisotopic (exact) mass is 410 g/mol. The largest absolute Gasteiger partial charge is 0.352 e. The summed E-state index contributed by atoms with van der Waals surface area (Å²) in [7, 11) is 1.54. The molecule has 1 aromatic heterocycles. The van der Waals surface area contributed by atoms with E-state index in [0.717, 1.165) is 15.3 Å². The molecule has 3 aromatic rings. The van der Waals surface area contributed by atoms with Crippen molar-refractivity contribution in [1.82, 2.24) is 19.2 Å². The Morgan fingerprint density at radius 2 is 1.83 bits per heavy atom. The summed E-state index contributed by atoms with van der Waals surface area (Å²) in [5.74, 6) is -1.13. The number of aromatic nitrogens is 3. The van der Waals surface area contributed by atoms with E-state index >= 15 is 0 Å². The molecule has 0 spiro atoms. The van der Waals surface area contributed by atoms with Crippen molar-refractivity contribution in [3.8, 4) is 5.69 Å². The van der Waals surface area contributed by atoms with Crippen molar-refractivity contribution in [3.63, 3.8) is 0 Å². The van der Waals surface area contributed by atoms with E-state index in [1.54, 1.807) is 45.0 Å². The molecule has 30 heavy (non-hydrogen) atoms. The first kappa shape index (κ1) is 21.2. The lowest BCUT2D eigenvalue weighted by Gasteiger charge is -2.19. The van der Waals surface area contributed by atoms with Gasteiger partial charge in [-0.15, -0.1) is 0 Å². The predicted molar refractivity (Wildman–Crippen MR) is 112 cm³/mol. The second-order valence-corrected chi connectivity index (χ2v) is 7.06. The minimum Gasteiger partial charge on any atom is -0.340 e. The van der Waals surface area contributed by atoms with E-state index in [-0.39, 0.29) is 5.69 Å². The number of amides is 1. The predicted octanol–water partition coefficient (Wildman–Crippen LogP) is 2.54. The molecule has 1 amide bonds. The van der Waals surface area contributed by atoms with Gasteiger partial charge >= 0.3 is 5.69 Å². The Labute approximate surface area is 173 Å². The zero-order chi connectivity index (χ0) is 22.0. The number of hydrogen-bond acceptors (Lipinski definition) is 4. The third kappa shape index (κ3) is 3.80. The zero-order valence-corrected chi connectivity index (χ0v) is 17.3. The van der Waals surface area contributed by atoms with Crippen molar-refractivity contribution >= 4 is 5.91 Å². The quantitative estimate of drug-likeness (QED) is 0.648. The maximum Gasteiger partial charge on any atom is 0.352 e. The molecule has 2 aromatic carbocycles. The number of hydrogen-bond donors (Lipinski definition) is 0. The summed E-state index contributed by atoms with van der Waals surface area (Å²) in [4.78, 5) is 40.5. The summed E-state index contributed by atoms with van der Waals surface area (Å²) in [5.41, 5.74) is -0.694. The van der Waals surface area contributed by atoms with Crippen molar-refractivity contribution in [2.24, 2.45) is 0 Å². The average Bonchev–Trinajstić information content (AvgIpc) is 2.75. The van der Waals surface area contributed by atoms with E-state index < -0.39 is 34.7 Å². The van der Waals surface area contributed by atoms with Crippen molar-refractivity contribution in [1.29, 1.82) is 0 Å². The maximum atomic E-state index is 14.2. The molecule has 7 nitrogen and oxygen atoms in total. The summed E-state index contributed by atoms with van der Waals surface area (Å²) in [6, 6.07) is 12.5. The van der Waals surface area contributed by atoms with E-state index in [0.29, 0.717) is 17.7 Å². The van der Waals surface area contributed by atoms with E-state index in [4.69, 9.17) is 0 Å². The molecule has 0 aliphatic heterocycles. The Bertz CT molecular complexity index is 1200. The second kappa shape index (κ2) is 8.44. The summed E-state index contributed by atoms with van der Waals surface area (Å²) in [5, 5.41) is 4.03. The number of carbonyl (C=O) groups excluding carboxylic acids is 1. The molecule has 8 heteroatoms. The van der Waals surface area contributed by atoms with E-state index in [2.05, 4.69) is 5.10 Å². The SMILES string of the molecule is CCN(C)C(=O)c1nn(-c2ccc(C)c(F)c2)c(=O)n(C(C)c2ccccc2)c1=O. The van der Waals surface area contributed by atoms with Gasteiger partial charge in [-0.05, 0) is 38.0 Å². The van der Waals surface area contributed by atoms with Gasteiger partial charge in [0.1, 0.15) is 5.82 Å². The normalized spacial score (nSPS) is 11.9. The Balaban J connectivity index is 2.33. The first-order chi connectivity index (χ1) is 14.3. The molecule has 0 bridgehead atoms. The molecule has 156 valence electrons. The van der Waals surface area contributed by atoms with Crippen molar-refractivity contribution in [2.75, 3.05) is 13.6 Å². The van der Waals surface area contributed by atoms with Gasteiger partial charge < -0.3 is 4.90 Å². The first-order valence-corrected chi connectivity index (χ1v) is 9.59. The van der Waals surface area contributed by atoms with Crippen LogP contribution in [0.4, 0.5) is 4.39 Å². The fourth-order valence-corrected chi connectivity index (χ4v) is 3.05. The third-order valence-electron chi connectivity index (χ3n) is 5.10. The van der Waals surface area contributed by atoms with Crippen LogP contribution < -0.4 is 11.2 Å². The summed E-state index contributed by atoms with van der Waals surface area (Å²) < 4.78 is 16.0. The second-order valence-electron chi connectivity index (χ2n) is 7.06. The molecule has 0 fully saturated rings. The molecule has 0 radical (unpaired) electrons.